The van der Waals surface area contributed by atoms with E-state index < -0.39 is 5.82 Å². The lowest BCUT2D eigenvalue weighted by Gasteiger charge is -2.31. The Morgan fingerprint density at radius 3 is 2.47 bits per heavy atom. The smallest absolute Gasteiger partial charge is 0.188 e. The summed E-state index contributed by atoms with van der Waals surface area (Å²) >= 11 is 0. The van der Waals surface area contributed by atoms with Crippen LogP contribution in [0.5, 0.6) is 0 Å². The van der Waals surface area contributed by atoms with Crippen molar-refractivity contribution in [1.82, 2.24) is 10.2 Å². The number of nitrogens with two attached hydrogens (primary N) is 1. The van der Waals surface area contributed by atoms with Crippen molar-refractivity contribution < 1.29 is 9.13 Å². The van der Waals surface area contributed by atoms with Crippen LogP contribution in [0.2, 0.25) is 0 Å². The molecule has 0 radical (unpaired) electrons. The summed E-state index contributed by atoms with van der Waals surface area (Å²) in [4.78, 5) is 0. The molecule has 5 heteroatoms. The lowest BCUT2D eigenvalue weighted by atomic mass is 9.90. The molecule has 1 aliphatic heterocycles. The highest BCUT2D eigenvalue weighted by Crippen LogP contribution is 2.34. The minimum Gasteiger partial charge on any atom is -0.380 e. The van der Waals surface area contributed by atoms with Crippen molar-refractivity contribution in [3.05, 3.63) is 11.5 Å². The van der Waals surface area contributed by atoms with Crippen molar-refractivity contribution in [2.45, 2.75) is 44.8 Å². The number of H-pyrrole nitrogens is 1. The van der Waals surface area contributed by atoms with Gasteiger partial charge in [0, 0.05) is 5.92 Å². The first-order valence-electron chi connectivity index (χ1n) is 5.22. The molecule has 0 bridgehead atoms. The molecule has 1 saturated heterocycles. The van der Waals surface area contributed by atoms with Crippen LogP contribution in [0.3, 0.4) is 0 Å². The molecule has 84 valence electrons. The van der Waals surface area contributed by atoms with E-state index in [9.17, 15) is 4.39 Å². The number of aromatic nitrogens is 2. The van der Waals surface area contributed by atoms with E-state index in [0.29, 0.717) is 5.69 Å². The molecule has 0 aliphatic carbocycles. The van der Waals surface area contributed by atoms with Gasteiger partial charge < -0.3 is 10.5 Å². The van der Waals surface area contributed by atoms with Crippen molar-refractivity contribution in [2.75, 3.05) is 5.73 Å². The maximum Gasteiger partial charge on any atom is 0.188 e. The molecule has 0 spiro atoms. The third-order valence-corrected chi connectivity index (χ3v) is 2.86. The molecule has 0 amide bonds. The summed E-state index contributed by atoms with van der Waals surface area (Å²) in [5, 5.41) is 6.36. The Morgan fingerprint density at radius 2 is 2.00 bits per heavy atom. The molecule has 1 aliphatic rings. The Morgan fingerprint density at radius 1 is 1.40 bits per heavy atom. The topological polar surface area (TPSA) is 63.9 Å². The van der Waals surface area contributed by atoms with Gasteiger partial charge in [0.05, 0.1) is 17.9 Å². The highest BCUT2D eigenvalue weighted by Gasteiger charge is 2.29. The number of ether oxygens (including phenoxy) is 1. The largest absolute Gasteiger partial charge is 0.380 e. The minimum absolute atomic E-state index is 0.0446. The van der Waals surface area contributed by atoms with Gasteiger partial charge in [-0.05, 0) is 26.7 Å². The second kappa shape index (κ2) is 3.81. The van der Waals surface area contributed by atoms with Crippen LogP contribution < -0.4 is 5.73 Å². The van der Waals surface area contributed by atoms with Crippen LogP contribution >= 0.6 is 0 Å². The Hall–Kier alpha value is -1.10. The summed E-state index contributed by atoms with van der Waals surface area (Å²) in [6.07, 6.45) is 1.93. The van der Waals surface area contributed by atoms with Crippen molar-refractivity contribution in [2.24, 2.45) is 0 Å². The van der Waals surface area contributed by atoms with Crippen molar-refractivity contribution in [3.8, 4) is 0 Å². The number of nitrogens with zero attached hydrogens (tertiary/aromatic N) is 1. The van der Waals surface area contributed by atoms with Gasteiger partial charge in [0.15, 0.2) is 11.6 Å². The predicted octanol–water partition coefficient (Wildman–Crippen LogP) is 1.80. The molecule has 1 aromatic rings. The monoisotopic (exact) mass is 213 g/mol. The van der Waals surface area contributed by atoms with Gasteiger partial charge in [-0.1, -0.05) is 0 Å². The molecule has 1 aromatic heterocycles. The van der Waals surface area contributed by atoms with E-state index in [4.69, 9.17) is 10.5 Å². The van der Waals surface area contributed by atoms with E-state index in [1.807, 2.05) is 13.8 Å². The maximum atomic E-state index is 13.5. The fraction of sp³-hybridized carbons (Fsp3) is 0.700. The third kappa shape index (κ3) is 1.97. The van der Waals surface area contributed by atoms with E-state index in [0.717, 1.165) is 12.8 Å². The molecule has 1 fully saturated rings. The van der Waals surface area contributed by atoms with Crippen molar-refractivity contribution in [1.29, 1.82) is 0 Å². The Kier molecular flexibility index (Phi) is 2.65. The van der Waals surface area contributed by atoms with E-state index in [1.54, 1.807) is 0 Å². The zero-order chi connectivity index (χ0) is 11.0. The van der Waals surface area contributed by atoms with E-state index in [1.165, 1.54) is 0 Å². The number of anilines is 1. The number of rotatable bonds is 1. The summed E-state index contributed by atoms with van der Waals surface area (Å²) in [6, 6.07) is 0. The molecule has 3 N–H and O–H groups in total. The molecule has 0 saturated carbocycles. The lowest BCUT2D eigenvalue weighted by molar-refractivity contribution is -0.0389. The summed E-state index contributed by atoms with van der Waals surface area (Å²) in [6.45, 7) is 4.00. The van der Waals surface area contributed by atoms with Gasteiger partial charge in [-0.2, -0.15) is 5.10 Å². The predicted molar refractivity (Wildman–Crippen MR) is 54.9 cm³/mol. The molecule has 3 atom stereocenters. The van der Waals surface area contributed by atoms with Gasteiger partial charge >= 0.3 is 0 Å². The van der Waals surface area contributed by atoms with Gasteiger partial charge in [0.25, 0.3) is 0 Å². The first kappa shape index (κ1) is 10.4. The van der Waals surface area contributed by atoms with Crippen LogP contribution in [-0.2, 0) is 4.74 Å². The second-order valence-corrected chi connectivity index (χ2v) is 4.26. The Bertz CT molecular complexity index is 342. The number of nitrogens with one attached hydrogen (secondary N) is 1. The average molecular weight is 213 g/mol. The second-order valence-electron chi connectivity index (χ2n) is 4.26. The third-order valence-electron chi connectivity index (χ3n) is 2.86. The first-order valence-corrected chi connectivity index (χ1v) is 5.22. The summed E-state index contributed by atoms with van der Waals surface area (Å²) < 4.78 is 19.1. The molecule has 2 heterocycles. The summed E-state index contributed by atoms with van der Waals surface area (Å²) in [5.74, 6) is -0.313. The van der Waals surface area contributed by atoms with E-state index in [-0.39, 0.29) is 23.9 Å². The average Bonchev–Trinajstić information content (AvgIpc) is 2.46. The highest BCUT2D eigenvalue weighted by molar-refractivity contribution is 5.33. The van der Waals surface area contributed by atoms with Gasteiger partial charge in [-0.15, -0.1) is 0 Å². The first-order chi connectivity index (χ1) is 7.08. The quantitative estimate of drug-likeness (QED) is 0.747. The van der Waals surface area contributed by atoms with Crippen LogP contribution in [0.4, 0.5) is 10.2 Å². The standard InChI is InChI=1S/C10H16FN3O/c1-5-3-7(4-6(2)15-5)9-8(11)10(12)14-13-9/h5-7H,3-4H2,1-2H3,(H3,12,13,14)/t5-,6+,7?. The van der Waals surface area contributed by atoms with Gasteiger partial charge in [-0.25, -0.2) is 4.39 Å². The Labute approximate surface area is 88.0 Å². The summed E-state index contributed by atoms with van der Waals surface area (Å²) in [5.41, 5.74) is 5.89. The highest BCUT2D eigenvalue weighted by atomic mass is 19.1. The van der Waals surface area contributed by atoms with E-state index in [2.05, 4.69) is 10.2 Å². The molecule has 2 rings (SSSR count). The zero-order valence-electron chi connectivity index (χ0n) is 8.96. The fourth-order valence-electron chi connectivity index (χ4n) is 2.27. The number of halogens is 1. The van der Waals surface area contributed by atoms with Crippen molar-refractivity contribution >= 4 is 5.82 Å². The molecule has 15 heavy (non-hydrogen) atoms. The van der Waals surface area contributed by atoms with Crippen LogP contribution in [0, 0.1) is 5.82 Å². The van der Waals surface area contributed by atoms with Crippen LogP contribution in [0.15, 0.2) is 0 Å². The fourth-order valence-corrected chi connectivity index (χ4v) is 2.27. The zero-order valence-corrected chi connectivity index (χ0v) is 8.96. The normalized spacial score (nSPS) is 31.8. The van der Waals surface area contributed by atoms with Gasteiger partial charge in [0.1, 0.15) is 0 Å². The van der Waals surface area contributed by atoms with Crippen LogP contribution in [-0.4, -0.2) is 22.4 Å². The van der Waals surface area contributed by atoms with Crippen molar-refractivity contribution in [3.63, 3.8) is 0 Å². The van der Waals surface area contributed by atoms with Gasteiger partial charge in [0.2, 0.25) is 0 Å². The number of aromatic amines is 1. The number of nitrogen functional groups attached to an aromatic ring is 1. The summed E-state index contributed by atoms with van der Waals surface area (Å²) in [7, 11) is 0. The van der Waals surface area contributed by atoms with Gasteiger partial charge in [-0.3, -0.25) is 5.10 Å². The molecular formula is C10H16FN3O. The lowest BCUT2D eigenvalue weighted by Crippen LogP contribution is -2.28. The molecule has 4 nitrogen and oxygen atoms in total. The minimum atomic E-state index is -0.402. The Balaban J connectivity index is 2.20. The molecule has 1 unspecified atom stereocenters. The molecule has 0 aromatic carbocycles. The molecular weight excluding hydrogens is 197 g/mol. The maximum absolute atomic E-state index is 13.5. The SMILES string of the molecule is C[C@@H]1CC(c2[nH]nc(N)c2F)C[C@H](C)O1. The number of hydrogen-bond donors (Lipinski definition) is 2. The van der Waals surface area contributed by atoms with E-state index >= 15 is 0 Å². The number of hydrogen-bond acceptors (Lipinski definition) is 3. The van der Waals surface area contributed by atoms with Crippen LogP contribution in [0.1, 0.15) is 38.3 Å². The van der Waals surface area contributed by atoms with Crippen LogP contribution in [0.25, 0.3) is 0 Å².